The second kappa shape index (κ2) is 13.6. The van der Waals surface area contributed by atoms with Crippen LogP contribution in [0, 0.1) is 0 Å². The quantitative estimate of drug-likeness (QED) is 0.291. The molecule has 4 rings (SSSR count). The molecule has 2 saturated heterocycles. The Balaban J connectivity index is 0.000000211. The number of aliphatic hydroxyl groups excluding tert-OH is 4. The Bertz CT molecular complexity index is 783. The maximum atomic E-state index is 12.0. The van der Waals surface area contributed by atoms with Crippen molar-refractivity contribution in [3.05, 3.63) is 0 Å². The average molecular weight is 597 g/mol. The van der Waals surface area contributed by atoms with Gasteiger partial charge in [0.25, 0.3) is 0 Å². The normalized spacial score (nSPS) is 38.3. The first kappa shape index (κ1) is 31.6. The largest absolute Gasteiger partial charge is 0.388 e. The summed E-state index contributed by atoms with van der Waals surface area (Å²) in [5.74, 6) is 0. The highest BCUT2D eigenvalue weighted by Crippen LogP contribution is 2.38. The summed E-state index contributed by atoms with van der Waals surface area (Å²) in [6.45, 7) is -6.82. The molecule has 0 radical (unpaired) electrons. The molecule has 4 aliphatic heterocycles. The Morgan fingerprint density at radius 3 is 1.34 bits per heavy atom. The van der Waals surface area contributed by atoms with Gasteiger partial charge in [0, 0.05) is 28.2 Å². The summed E-state index contributed by atoms with van der Waals surface area (Å²) >= 11 is 2.57. The summed E-state index contributed by atoms with van der Waals surface area (Å²) in [6.07, 6.45) is -6.90. The molecule has 0 bridgehead atoms. The van der Waals surface area contributed by atoms with E-state index in [9.17, 15) is 38.0 Å². The molecule has 12 nitrogen and oxygen atoms in total. The number of ether oxygens (including phenoxy) is 4. The molecule has 0 aliphatic carbocycles. The van der Waals surface area contributed by atoms with Gasteiger partial charge in [-0.05, 0) is 0 Å². The number of nitrogens with zero attached hydrogens (tertiary/aromatic N) is 4. The lowest BCUT2D eigenvalue weighted by Gasteiger charge is -2.37. The van der Waals surface area contributed by atoms with Gasteiger partial charge < -0.3 is 49.2 Å². The summed E-state index contributed by atoms with van der Waals surface area (Å²) in [6, 6.07) is -1.19. The fraction of sp³-hybridized carbons (Fsp3) is 0.900. The zero-order chi connectivity index (χ0) is 28.3. The number of halogens is 4. The third kappa shape index (κ3) is 7.61. The van der Waals surface area contributed by atoms with E-state index in [0.717, 1.165) is 0 Å². The number of hydrogen-bond acceptors (Lipinski definition) is 14. The molecule has 220 valence electrons. The van der Waals surface area contributed by atoms with Gasteiger partial charge in [0.05, 0.1) is 13.2 Å². The number of aliphatic hydroxyl groups is 4. The van der Waals surface area contributed by atoms with Crippen LogP contribution < -0.4 is 0 Å². The predicted molar refractivity (Wildman–Crippen MR) is 130 cm³/mol. The Hall–Kier alpha value is -0.960. The minimum Gasteiger partial charge on any atom is -0.388 e. The van der Waals surface area contributed by atoms with E-state index in [1.54, 1.807) is 38.0 Å². The Labute approximate surface area is 225 Å². The van der Waals surface area contributed by atoms with Gasteiger partial charge in [-0.25, -0.2) is 0 Å². The number of alkyl halides is 4. The lowest BCUT2D eigenvalue weighted by molar-refractivity contribution is -0.206. The highest BCUT2D eigenvalue weighted by Gasteiger charge is 2.49. The Morgan fingerprint density at radius 1 is 0.711 bits per heavy atom. The van der Waals surface area contributed by atoms with Gasteiger partial charge in [-0.2, -0.15) is 17.6 Å². The van der Waals surface area contributed by atoms with Crippen LogP contribution in [0.5, 0.6) is 0 Å². The van der Waals surface area contributed by atoms with Crippen LogP contribution in [-0.2, 0) is 18.9 Å². The van der Waals surface area contributed by atoms with Crippen molar-refractivity contribution in [3.8, 4) is 0 Å². The van der Waals surface area contributed by atoms with E-state index in [4.69, 9.17) is 9.47 Å². The molecule has 0 aromatic rings. The van der Waals surface area contributed by atoms with E-state index in [2.05, 4.69) is 19.5 Å². The van der Waals surface area contributed by atoms with Gasteiger partial charge in [0.1, 0.15) is 59.6 Å². The molecule has 0 aromatic carbocycles. The standard InChI is InChI=1S/2C10H16F2N2O4S/c2*1-14(2)10-13-5-7(16)6(15)4(3-17-9(11)12)18-8(5)19-10/h2*4-9,15-16H,3H2,1-2H3/t2*4-,5-,6-,7-,8-/m11/s1. The maximum absolute atomic E-state index is 12.0. The van der Waals surface area contributed by atoms with E-state index >= 15 is 0 Å². The van der Waals surface area contributed by atoms with E-state index in [1.165, 1.54) is 23.5 Å². The highest BCUT2D eigenvalue weighted by molar-refractivity contribution is 8.14. The summed E-state index contributed by atoms with van der Waals surface area (Å²) in [4.78, 5) is 12.0. The number of hydrogen-bond donors (Lipinski definition) is 4. The predicted octanol–water partition coefficient (Wildman–Crippen LogP) is -0.589. The number of aliphatic imine (C=N–C) groups is 2. The molecule has 4 heterocycles. The van der Waals surface area contributed by atoms with E-state index in [1.807, 2.05) is 0 Å². The number of rotatable bonds is 6. The molecule has 4 aliphatic rings. The van der Waals surface area contributed by atoms with Crippen LogP contribution in [0.3, 0.4) is 0 Å². The van der Waals surface area contributed by atoms with Crippen LogP contribution in [0.25, 0.3) is 0 Å². The Morgan fingerprint density at radius 2 is 1.05 bits per heavy atom. The first-order chi connectivity index (χ1) is 17.8. The number of thioether (sulfide) groups is 2. The van der Waals surface area contributed by atoms with Crippen LogP contribution in [0.15, 0.2) is 9.98 Å². The van der Waals surface area contributed by atoms with Crippen molar-refractivity contribution in [1.29, 1.82) is 0 Å². The van der Waals surface area contributed by atoms with Gasteiger partial charge in [0.2, 0.25) is 0 Å². The van der Waals surface area contributed by atoms with Crippen molar-refractivity contribution < 1.29 is 56.9 Å². The van der Waals surface area contributed by atoms with Crippen LogP contribution in [0.1, 0.15) is 0 Å². The summed E-state index contributed by atoms with van der Waals surface area (Å²) in [7, 11) is 7.18. The van der Waals surface area contributed by atoms with E-state index < -0.39 is 86.0 Å². The topological polar surface area (TPSA) is 149 Å². The Kier molecular flexibility index (Phi) is 11.3. The smallest absolute Gasteiger partial charge is 0.345 e. The zero-order valence-electron chi connectivity index (χ0n) is 20.9. The molecule has 38 heavy (non-hydrogen) atoms. The molecule has 18 heteroatoms. The summed E-state index contributed by atoms with van der Waals surface area (Å²) in [5.41, 5.74) is -0.996. The van der Waals surface area contributed by atoms with Crippen molar-refractivity contribution in [3.63, 3.8) is 0 Å². The second-order valence-corrected chi connectivity index (χ2v) is 11.2. The fourth-order valence-electron chi connectivity index (χ4n) is 3.88. The van der Waals surface area contributed by atoms with Gasteiger partial charge in [-0.1, -0.05) is 23.5 Å². The van der Waals surface area contributed by atoms with Crippen molar-refractivity contribution in [2.24, 2.45) is 9.98 Å². The second-order valence-electron chi connectivity index (χ2n) is 9.07. The first-order valence-electron chi connectivity index (χ1n) is 11.5. The van der Waals surface area contributed by atoms with E-state index in [-0.39, 0.29) is 0 Å². The van der Waals surface area contributed by atoms with Gasteiger partial charge in [-0.15, -0.1) is 0 Å². The number of fused-ring (bicyclic) bond motifs is 2. The van der Waals surface area contributed by atoms with Crippen LogP contribution in [0.4, 0.5) is 17.6 Å². The minimum atomic E-state index is -2.93. The zero-order valence-corrected chi connectivity index (χ0v) is 22.5. The third-order valence-corrected chi connectivity index (χ3v) is 8.44. The number of amidine groups is 2. The van der Waals surface area contributed by atoms with Crippen LogP contribution in [-0.4, -0.2) is 155 Å². The van der Waals surface area contributed by atoms with Crippen molar-refractivity contribution >= 4 is 33.9 Å². The SMILES string of the molecule is CN(C)C1=N[C@@H]2[C@@H](O)[C@H](O)[C@@H](COC(F)F)O[C@@H]2S1.CN(C)C1=N[C@@H]2[C@@H](O)[C@H](O)[C@@H](COC(F)F)O[C@@H]2S1. The summed E-state index contributed by atoms with van der Waals surface area (Å²) in [5, 5.41) is 40.9. The highest BCUT2D eigenvalue weighted by atomic mass is 32.2. The lowest BCUT2D eigenvalue weighted by Crippen LogP contribution is -2.56. The molecule has 0 saturated carbocycles. The minimum absolute atomic E-state index is 0.475. The molecule has 10 atom stereocenters. The molecule has 0 aromatic heterocycles. The monoisotopic (exact) mass is 596 g/mol. The molecule has 2 fully saturated rings. The maximum Gasteiger partial charge on any atom is 0.345 e. The van der Waals surface area contributed by atoms with Gasteiger partial charge in [0.15, 0.2) is 10.3 Å². The van der Waals surface area contributed by atoms with Crippen molar-refractivity contribution in [2.75, 3.05) is 41.4 Å². The lowest BCUT2D eigenvalue weighted by atomic mass is 9.99. The molecule has 4 N–H and O–H groups in total. The first-order valence-corrected chi connectivity index (χ1v) is 13.2. The van der Waals surface area contributed by atoms with E-state index in [0.29, 0.717) is 10.3 Å². The third-order valence-electron chi connectivity index (χ3n) is 5.84. The summed E-state index contributed by atoms with van der Waals surface area (Å²) < 4.78 is 67.2. The van der Waals surface area contributed by atoms with Crippen LogP contribution in [0.2, 0.25) is 0 Å². The van der Waals surface area contributed by atoms with Crippen molar-refractivity contribution in [1.82, 2.24) is 9.80 Å². The molecular weight excluding hydrogens is 564 g/mol. The molecule has 0 amide bonds. The van der Waals surface area contributed by atoms with Gasteiger partial charge in [-0.3, -0.25) is 9.98 Å². The molecule has 0 unspecified atom stereocenters. The average Bonchev–Trinajstić information content (AvgIpc) is 3.47. The molecule has 0 spiro atoms. The molecular formula is C20H32F4N4O8S2. The van der Waals surface area contributed by atoms with Crippen LogP contribution >= 0.6 is 23.5 Å². The van der Waals surface area contributed by atoms with Crippen molar-refractivity contribution in [2.45, 2.75) is 72.8 Å². The van der Waals surface area contributed by atoms with Gasteiger partial charge >= 0.3 is 13.2 Å². The fourth-order valence-corrected chi connectivity index (χ4v) is 6.20.